The number of amides is 5. The van der Waals surface area contributed by atoms with Crippen LogP contribution >= 0.6 is 11.3 Å². The fourth-order valence-electron chi connectivity index (χ4n) is 4.64. The second-order valence-electron chi connectivity index (χ2n) is 11.5. The van der Waals surface area contributed by atoms with Crippen molar-refractivity contribution >= 4 is 40.9 Å². The predicted molar refractivity (Wildman–Crippen MR) is 162 cm³/mol. The highest BCUT2D eigenvalue weighted by Gasteiger charge is 2.33. The molecule has 4 N–H and O–H groups in total. The lowest BCUT2D eigenvalue weighted by molar-refractivity contribution is -0.133. The Labute approximate surface area is 256 Å². The Bertz CT molecular complexity index is 1270. The minimum atomic E-state index is -1.03. The molecule has 2 heterocycles. The largest absolute Gasteiger partial charge is 0.497 e. The van der Waals surface area contributed by atoms with Gasteiger partial charge in [-0.15, -0.1) is 11.3 Å². The van der Waals surface area contributed by atoms with Gasteiger partial charge in [-0.2, -0.15) is 0 Å². The number of aromatic nitrogens is 1. The Balaban J connectivity index is 1.97. The maximum atomic E-state index is 13.6. The number of carbonyl (C=O) groups excluding carboxylic acids is 5. The van der Waals surface area contributed by atoms with Crippen LogP contribution in [0.15, 0.2) is 35.2 Å². The van der Waals surface area contributed by atoms with Gasteiger partial charge in [-0.1, -0.05) is 39.8 Å². The summed E-state index contributed by atoms with van der Waals surface area (Å²) in [5.41, 5.74) is 2.47. The highest BCUT2D eigenvalue weighted by molar-refractivity contribution is 7.07. The first kappa shape index (κ1) is 33.5. The molecule has 0 spiro atoms. The fraction of sp³-hybridized carbons (Fsp3) is 0.533. The van der Waals surface area contributed by atoms with Crippen molar-refractivity contribution in [3.63, 3.8) is 0 Å². The topological polar surface area (TPSA) is 159 Å². The molecule has 4 atom stereocenters. The van der Waals surface area contributed by atoms with Crippen LogP contribution in [0.1, 0.15) is 57.1 Å². The Morgan fingerprint density at radius 1 is 0.977 bits per heavy atom. The summed E-state index contributed by atoms with van der Waals surface area (Å²) in [6.07, 6.45) is 0.447. The molecule has 0 bridgehead atoms. The molecule has 1 aromatic heterocycles. The van der Waals surface area contributed by atoms with Crippen LogP contribution in [0.5, 0.6) is 5.75 Å². The molecule has 5 amide bonds. The van der Waals surface area contributed by atoms with Crippen molar-refractivity contribution in [2.45, 2.75) is 71.6 Å². The van der Waals surface area contributed by atoms with Crippen molar-refractivity contribution in [3.05, 3.63) is 46.4 Å². The van der Waals surface area contributed by atoms with Crippen LogP contribution in [0, 0.1) is 11.8 Å². The highest BCUT2D eigenvalue weighted by Crippen LogP contribution is 2.15. The van der Waals surface area contributed by atoms with E-state index in [9.17, 15) is 24.0 Å². The molecular formula is C30H42N6O6S. The third kappa shape index (κ3) is 9.77. The normalized spacial score (nSPS) is 22.7. The summed E-state index contributed by atoms with van der Waals surface area (Å²) < 4.78 is 5.22. The third-order valence-electron chi connectivity index (χ3n) is 7.17. The van der Waals surface area contributed by atoms with Crippen molar-refractivity contribution in [1.82, 2.24) is 31.2 Å². The van der Waals surface area contributed by atoms with Crippen molar-refractivity contribution < 1.29 is 28.7 Å². The lowest BCUT2D eigenvalue weighted by Gasteiger charge is -2.31. The smallest absolute Gasteiger partial charge is 0.273 e. The molecule has 1 aliphatic heterocycles. The summed E-state index contributed by atoms with van der Waals surface area (Å²) in [4.78, 5) is 72.4. The summed E-state index contributed by atoms with van der Waals surface area (Å²) in [5.74, 6) is -1.99. The SMILES string of the molecule is COc1ccc(C[C@@H]2NC(=O)[C@H](CC(C)C)NC(=O)CN(C(=O)c3cscn3)C[C@H](C(C)C)NC(=O)[C@@H](C)NC2=O)cc1. The molecule has 13 heteroatoms. The standard InChI is InChI=1S/C30H42N6O6S/c1-17(2)11-22-29(40)34-23(12-20-7-9-21(42-6)10-8-20)28(39)32-19(5)27(38)35-24(18(3)4)13-36(14-26(37)33-22)30(41)25-15-43-16-31-25/h7-10,15-19,22-24H,11-14H2,1-6H3,(H,32,39)(H,33,37)(H,34,40)(H,35,38)/t19-,22+,23+,24-/m1/s1. The summed E-state index contributed by atoms with van der Waals surface area (Å²) in [7, 11) is 1.55. The maximum absolute atomic E-state index is 13.6. The van der Waals surface area contributed by atoms with Gasteiger partial charge in [0.15, 0.2) is 0 Å². The summed E-state index contributed by atoms with van der Waals surface area (Å²) in [5, 5.41) is 12.8. The molecular weight excluding hydrogens is 572 g/mol. The second-order valence-corrected chi connectivity index (χ2v) is 12.2. The molecule has 3 rings (SSSR count). The van der Waals surface area contributed by atoms with Gasteiger partial charge in [0.05, 0.1) is 19.2 Å². The molecule has 1 fully saturated rings. The van der Waals surface area contributed by atoms with Crippen molar-refractivity contribution in [2.24, 2.45) is 11.8 Å². The van der Waals surface area contributed by atoms with Gasteiger partial charge in [0.25, 0.3) is 5.91 Å². The highest BCUT2D eigenvalue weighted by atomic mass is 32.1. The molecule has 1 saturated heterocycles. The van der Waals surface area contributed by atoms with Gasteiger partial charge in [0.2, 0.25) is 23.6 Å². The maximum Gasteiger partial charge on any atom is 0.273 e. The first-order chi connectivity index (χ1) is 20.4. The zero-order valence-electron chi connectivity index (χ0n) is 25.5. The van der Waals surface area contributed by atoms with E-state index in [0.717, 1.165) is 5.56 Å². The van der Waals surface area contributed by atoms with Gasteiger partial charge < -0.3 is 30.9 Å². The molecule has 0 saturated carbocycles. The lowest BCUT2D eigenvalue weighted by Crippen LogP contribution is -2.57. The van der Waals surface area contributed by atoms with Gasteiger partial charge in [0, 0.05) is 24.4 Å². The van der Waals surface area contributed by atoms with Crippen molar-refractivity contribution in [2.75, 3.05) is 20.2 Å². The number of benzene rings is 1. The number of carbonyl (C=O) groups is 5. The van der Waals surface area contributed by atoms with Crippen LogP contribution in [0.25, 0.3) is 0 Å². The van der Waals surface area contributed by atoms with E-state index in [2.05, 4.69) is 26.3 Å². The van der Waals surface area contributed by atoms with E-state index >= 15 is 0 Å². The van der Waals surface area contributed by atoms with E-state index in [0.29, 0.717) is 12.2 Å². The van der Waals surface area contributed by atoms with Crippen molar-refractivity contribution in [3.8, 4) is 5.75 Å². The number of thiazole rings is 1. The monoisotopic (exact) mass is 614 g/mol. The molecule has 12 nitrogen and oxygen atoms in total. The number of hydrogen-bond acceptors (Lipinski definition) is 8. The number of nitrogens with zero attached hydrogens (tertiary/aromatic N) is 2. The zero-order chi connectivity index (χ0) is 31.7. The number of ether oxygens (including phenoxy) is 1. The summed E-state index contributed by atoms with van der Waals surface area (Å²) >= 11 is 1.25. The molecule has 2 aromatic rings. The molecule has 234 valence electrons. The molecule has 43 heavy (non-hydrogen) atoms. The van der Waals surface area contributed by atoms with Gasteiger partial charge in [0.1, 0.15) is 29.6 Å². The van der Waals surface area contributed by atoms with E-state index in [-0.39, 0.29) is 37.0 Å². The predicted octanol–water partition coefficient (Wildman–Crippen LogP) is 1.51. The minimum absolute atomic E-state index is 0.0228. The van der Waals surface area contributed by atoms with Gasteiger partial charge in [-0.05, 0) is 42.9 Å². The van der Waals surface area contributed by atoms with E-state index in [1.165, 1.54) is 21.7 Å². The van der Waals surface area contributed by atoms with E-state index in [1.54, 1.807) is 43.7 Å². The Morgan fingerprint density at radius 3 is 2.23 bits per heavy atom. The fourth-order valence-corrected chi connectivity index (χ4v) is 5.17. The third-order valence-corrected chi connectivity index (χ3v) is 7.75. The van der Waals surface area contributed by atoms with E-state index in [4.69, 9.17) is 4.74 Å². The number of rotatable bonds is 7. The van der Waals surface area contributed by atoms with Crippen LogP contribution in [0.2, 0.25) is 0 Å². The number of hydrogen-bond donors (Lipinski definition) is 4. The van der Waals surface area contributed by atoms with Crippen LogP contribution in [-0.4, -0.2) is 83.8 Å². The van der Waals surface area contributed by atoms with Crippen LogP contribution in [-0.2, 0) is 25.6 Å². The molecule has 0 aliphatic carbocycles. The average molecular weight is 615 g/mol. The van der Waals surface area contributed by atoms with Crippen LogP contribution in [0.3, 0.4) is 0 Å². The Kier molecular flexibility index (Phi) is 12.0. The van der Waals surface area contributed by atoms with E-state index < -0.39 is 53.7 Å². The zero-order valence-corrected chi connectivity index (χ0v) is 26.3. The molecule has 1 aromatic carbocycles. The first-order valence-electron chi connectivity index (χ1n) is 14.4. The van der Waals surface area contributed by atoms with Gasteiger partial charge >= 0.3 is 0 Å². The lowest BCUT2D eigenvalue weighted by atomic mass is 10.0. The molecule has 0 radical (unpaired) electrons. The van der Waals surface area contributed by atoms with E-state index in [1.807, 2.05) is 27.7 Å². The molecule has 1 aliphatic rings. The summed E-state index contributed by atoms with van der Waals surface area (Å²) in [6, 6.07) is 3.62. The average Bonchev–Trinajstić information content (AvgIpc) is 3.49. The number of methoxy groups -OCH3 is 1. The quantitative estimate of drug-likeness (QED) is 0.368. The molecule has 0 unspecified atom stereocenters. The van der Waals surface area contributed by atoms with Gasteiger partial charge in [-0.3, -0.25) is 24.0 Å². The number of nitrogens with one attached hydrogen (secondary N) is 4. The van der Waals surface area contributed by atoms with Crippen molar-refractivity contribution in [1.29, 1.82) is 0 Å². The Hall–Kier alpha value is -4.00. The van der Waals surface area contributed by atoms with Gasteiger partial charge in [-0.25, -0.2) is 4.98 Å². The Morgan fingerprint density at radius 2 is 1.65 bits per heavy atom. The minimum Gasteiger partial charge on any atom is -0.497 e. The van der Waals surface area contributed by atoms with Crippen LogP contribution < -0.4 is 26.0 Å². The first-order valence-corrected chi connectivity index (χ1v) is 15.3. The summed E-state index contributed by atoms with van der Waals surface area (Å²) in [6.45, 7) is 8.84. The van der Waals surface area contributed by atoms with Crippen LogP contribution in [0.4, 0.5) is 0 Å². The second kappa shape index (κ2) is 15.5.